The zero-order valence-corrected chi connectivity index (χ0v) is 13.6. The number of rotatable bonds is 6. The van der Waals surface area contributed by atoms with Crippen LogP contribution in [-0.4, -0.2) is 35.7 Å². The van der Waals surface area contributed by atoms with Gasteiger partial charge < -0.3 is 15.7 Å². The van der Waals surface area contributed by atoms with Crippen LogP contribution in [-0.2, 0) is 0 Å². The lowest BCUT2D eigenvalue weighted by molar-refractivity contribution is 0.0698. The number of aryl methyl sites for hydroxylation is 2. The van der Waals surface area contributed by atoms with Crippen LogP contribution in [0.1, 0.15) is 28.4 Å². The van der Waals surface area contributed by atoms with Crippen LogP contribution < -0.4 is 10.6 Å². The Labute approximate surface area is 129 Å². The van der Waals surface area contributed by atoms with E-state index in [1.807, 2.05) is 19.2 Å². The van der Waals surface area contributed by atoms with Gasteiger partial charge in [0.05, 0.1) is 11.3 Å². The number of benzene rings is 1. The number of thioether (sulfide) groups is 1. The van der Waals surface area contributed by atoms with Gasteiger partial charge in [0.25, 0.3) is 0 Å². The Balaban J connectivity index is 2.78. The van der Waals surface area contributed by atoms with Crippen LogP contribution in [0.3, 0.4) is 0 Å². The molecule has 21 heavy (non-hydrogen) atoms. The van der Waals surface area contributed by atoms with Crippen LogP contribution >= 0.6 is 11.8 Å². The van der Waals surface area contributed by atoms with E-state index in [9.17, 15) is 14.7 Å². The molecule has 0 aromatic heterocycles. The van der Waals surface area contributed by atoms with Crippen LogP contribution in [0.2, 0.25) is 0 Å². The van der Waals surface area contributed by atoms with E-state index in [2.05, 4.69) is 17.6 Å². The third-order valence-corrected chi connectivity index (χ3v) is 3.91. The van der Waals surface area contributed by atoms with Gasteiger partial charge in [0, 0.05) is 6.54 Å². The van der Waals surface area contributed by atoms with E-state index >= 15 is 0 Å². The summed E-state index contributed by atoms with van der Waals surface area (Å²) in [5.74, 6) is 0.279. The zero-order valence-electron chi connectivity index (χ0n) is 12.8. The summed E-state index contributed by atoms with van der Waals surface area (Å²) in [7, 11) is 0. The fraction of sp³-hybridized carbons (Fsp3) is 0.467. The van der Waals surface area contributed by atoms with Crippen LogP contribution in [0.5, 0.6) is 0 Å². The van der Waals surface area contributed by atoms with E-state index in [0.717, 1.165) is 16.9 Å². The number of urea groups is 1. The molecule has 0 bridgehead atoms. The van der Waals surface area contributed by atoms with Crippen molar-refractivity contribution in [3.63, 3.8) is 0 Å². The molecule has 5 nitrogen and oxygen atoms in total. The maximum atomic E-state index is 11.9. The van der Waals surface area contributed by atoms with E-state index in [0.29, 0.717) is 18.2 Å². The first kappa shape index (κ1) is 17.4. The summed E-state index contributed by atoms with van der Waals surface area (Å²) >= 11 is 1.73. The molecule has 2 amide bonds. The van der Waals surface area contributed by atoms with Crippen molar-refractivity contribution in [3.05, 3.63) is 28.8 Å². The van der Waals surface area contributed by atoms with E-state index in [-0.39, 0.29) is 11.6 Å². The summed E-state index contributed by atoms with van der Waals surface area (Å²) < 4.78 is 0. The van der Waals surface area contributed by atoms with Gasteiger partial charge in [-0.2, -0.15) is 11.8 Å². The topological polar surface area (TPSA) is 78.4 Å². The van der Waals surface area contributed by atoms with Crippen molar-refractivity contribution in [1.82, 2.24) is 5.32 Å². The third kappa shape index (κ3) is 5.30. The fourth-order valence-corrected chi connectivity index (χ4v) is 2.76. The zero-order chi connectivity index (χ0) is 16.0. The monoisotopic (exact) mass is 310 g/mol. The summed E-state index contributed by atoms with van der Waals surface area (Å²) in [4.78, 5) is 23.2. The van der Waals surface area contributed by atoms with Gasteiger partial charge in [0.15, 0.2) is 0 Å². The predicted octanol–water partition coefficient (Wildman–Crippen LogP) is 3.12. The van der Waals surface area contributed by atoms with Gasteiger partial charge in [0.2, 0.25) is 0 Å². The highest BCUT2D eigenvalue weighted by Crippen LogP contribution is 2.22. The number of carboxylic acids is 1. The standard InChI is InChI=1S/C15H22N2O3S/c1-9-5-11(3)13(12(6-9)14(18)19)17-15(20)16-7-10(2)8-21-4/h5-6,10H,7-8H2,1-4H3,(H,18,19)(H2,16,17,20). The molecule has 0 aliphatic heterocycles. The van der Waals surface area contributed by atoms with Crippen LogP contribution in [0, 0.1) is 19.8 Å². The number of carbonyl (C=O) groups is 2. The first-order valence-electron chi connectivity index (χ1n) is 6.73. The van der Waals surface area contributed by atoms with Crippen LogP contribution in [0.25, 0.3) is 0 Å². The van der Waals surface area contributed by atoms with Crippen molar-refractivity contribution in [2.75, 3.05) is 23.9 Å². The predicted molar refractivity (Wildman–Crippen MR) is 87.4 cm³/mol. The van der Waals surface area contributed by atoms with Gasteiger partial charge in [-0.1, -0.05) is 13.0 Å². The Kier molecular flexibility index (Phi) is 6.55. The van der Waals surface area contributed by atoms with Gasteiger partial charge in [-0.15, -0.1) is 0 Å². The van der Waals surface area contributed by atoms with Gasteiger partial charge in [-0.3, -0.25) is 0 Å². The number of carboxylic acid groups (broad SMARTS) is 1. The number of carbonyl (C=O) groups excluding carboxylic acids is 1. The van der Waals surface area contributed by atoms with Gasteiger partial charge >= 0.3 is 12.0 Å². The Morgan fingerprint density at radius 2 is 2.00 bits per heavy atom. The van der Waals surface area contributed by atoms with Crippen molar-refractivity contribution >= 4 is 29.4 Å². The highest BCUT2D eigenvalue weighted by molar-refractivity contribution is 7.98. The molecule has 6 heteroatoms. The maximum absolute atomic E-state index is 11.9. The first-order chi connectivity index (χ1) is 9.85. The van der Waals surface area contributed by atoms with Crippen molar-refractivity contribution < 1.29 is 14.7 Å². The third-order valence-electron chi connectivity index (χ3n) is 3.01. The van der Waals surface area contributed by atoms with Crippen molar-refractivity contribution in [1.29, 1.82) is 0 Å². The lowest BCUT2D eigenvalue weighted by Gasteiger charge is -2.15. The molecule has 0 radical (unpaired) electrons. The molecule has 1 rings (SSSR count). The summed E-state index contributed by atoms with van der Waals surface area (Å²) in [6.07, 6.45) is 2.02. The van der Waals surface area contributed by atoms with Crippen LogP contribution in [0.4, 0.5) is 10.5 Å². The van der Waals surface area contributed by atoms with Gasteiger partial charge in [-0.25, -0.2) is 9.59 Å². The number of nitrogens with one attached hydrogen (secondary N) is 2. The van der Waals surface area contributed by atoms with Gasteiger partial charge in [0.1, 0.15) is 0 Å². The summed E-state index contributed by atoms with van der Waals surface area (Å²) in [5, 5.41) is 14.7. The van der Waals surface area contributed by atoms with E-state index in [1.165, 1.54) is 0 Å². The number of amides is 2. The van der Waals surface area contributed by atoms with E-state index < -0.39 is 5.97 Å². The molecule has 0 fully saturated rings. The SMILES string of the molecule is CSCC(C)CNC(=O)Nc1c(C)cc(C)cc1C(=O)O. The van der Waals surface area contributed by atoms with Crippen molar-refractivity contribution in [3.8, 4) is 0 Å². The molecule has 0 heterocycles. The molecule has 3 N–H and O–H groups in total. The molecule has 1 aromatic carbocycles. The Morgan fingerprint density at radius 3 is 2.57 bits per heavy atom. The molecule has 1 atom stereocenters. The molecule has 116 valence electrons. The highest BCUT2D eigenvalue weighted by atomic mass is 32.2. The molecule has 0 saturated heterocycles. The smallest absolute Gasteiger partial charge is 0.337 e. The number of hydrogen-bond acceptors (Lipinski definition) is 3. The normalized spacial score (nSPS) is 11.8. The quantitative estimate of drug-likeness (QED) is 0.754. The highest BCUT2D eigenvalue weighted by Gasteiger charge is 2.15. The lowest BCUT2D eigenvalue weighted by Crippen LogP contribution is -2.33. The Bertz CT molecular complexity index is 532. The minimum absolute atomic E-state index is 0.111. The molecule has 1 unspecified atom stereocenters. The molecule has 0 aliphatic rings. The van der Waals surface area contributed by atoms with Crippen LogP contribution in [0.15, 0.2) is 12.1 Å². The maximum Gasteiger partial charge on any atom is 0.337 e. The van der Waals surface area contributed by atoms with Crippen molar-refractivity contribution in [2.24, 2.45) is 5.92 Å². The average molecular weight is 310 g/mol. The largest absolute Gasteiger partial charge is 0.478 e. The van der Waals surface area contributed by atoms with E-state index in [1.54, 1.807) is 24.8 Å². The fourth-order valence-electron chi connectivity index (χ4n) is 2.07. The average Bonchev–Trinajstić information content (AvgIpc) is 2.39. The number of hydrogen-bond donors (Lipinski definition) is 3. The Morgan fingerprint density at radius 1 is 1.33 bits per heavy atom. The number of aromatic carboxylic acids is 1. The first-order valence-corrected chi connectivity index (χ1v) is 8.12. The van der Waals surface area contributed by atoms with E-state index in [4.69, 9.17) is 0 Å². The minimum Gasteiger partial charge on any atom is -0.478 e. The Hall–Kier alpha value is -1.69. The van der Waals surface area contributed by atoms with Gasteiger partial charge in [-0.05, 0) is 49.0 Å². The second-order valence-corrected chi connectivity index (χ2v) is 6.12. The summed E-state index contributed by atoms with van der Waals surface area (Å²) in [6, 6.07) is 3.03. The summed E-state index contributed by atoms with van der Waals surface area (Å²) in [6.45, 7) is 6.22. The molecule has 0 saturated carbocycles. The number of anilines is 1. The molecule has 0 spiro atoms. The second kappa shape index (κ2) is 7.93. The molecular formula is C15H22N2O3S. The molecular weight excluding hydrogens is 288 g/mol. The minimum atomic E-state index is -1.05. The molecule has 0 aliphatic carbocycles. The molecule has 1 aromatic rings. The van der Waals surface area contributed by atoms with Crippen molar-refractivity contribution in [2.45, 2.75) is 20.8 Å². The lowest BCUT2D eigenvalue weighted by atomic mass is 10.0. The second-order valence-electron chi connectivity index (χ2n) is 5.21. The summed E-state index contributed by atoms with van der Waals surface area (Å²) in [5.41, 5.74) is 2.05.